The molecular weight excluding hydrogens is 186 g/mol. The molecule has 0 aliphatic heterocycles. The Bertz CT molecular complexity index is 483. The number of benzene rings is 1. The van der Waals surface area contributed by atoms with Crippen LogP contribution < -0.4 is 0 Å². The molecule has 0 atom stereocenters. The predicted octanol–water partition coefficient (Wildman–Crippen LogP) is 3.46. The smallest absolute Gasteiger partial charge is 0.218 e. The van der Waals surface area contributed by atoms with Gasteiger partial charge in [-0.1, -0.05) is 29.8 Å². The molecule has 0 N–H and O–H groups in total. The van der Waals surface area contributed by atoms with E-state index >= 15 is 0 Å². The van der Waals surface area contributed by atoms with E-state index in [2.05, 4.69) is 30.1 Å². The van der Waals surface area contributed by atoms with Crippen molar-refractivity contribution in [1.29, 1.82) is 0 Å². The highest BCUT2D eigenvalue weighted by Gasteiger charge is 1.94. The van der Waals surface area contributed by atoms with Crippen molar-refractivity contribution in [2.45, 2.75) is 13.8 Å². The summed E-state index contributed by atoms with van der Waals surface area (Å²) >= 11 is 0. The van der Waals surface area contributed by atoms with E-state index in [4.69, 9.17) is 4.42 Å². The molecular formula is C13H13NO. The Kier molecular flexibility index (Phi) is 2.68. The monoisotopic (exact) mass is 199 g/mol. The summed E-state index contributed by atoms with van der Waals surface area (Å²) in [6.07, 6.45) is 5.52. The van der Waals surface area contributed by atoms with E-state index < -0.39 is 0 Å². The maximum Gasteiger partial charge on any atom is 0.218 e. The molecule has 2 heteroatoms. The molecule has 15 heavy (non-hydrogen) atoms. The maximum atomic E-state index is 5.22. The Labute approximate surface area is 89.3 Å². The molecule has 0 amide bonds. The second kappa shape index (κ2) is 4.13. The molecule has 1 heterocycles. The van der Waals surface area contributed by atoms with Gasteiger partial charge in [-0.25, -0.2) is 4.98 Å². The molecule has 0 aliphatic carbocycles. The molecule has 0 bridgehead atoms. The average molecular weight is 199 g/mol. The van der Waals surface area contributed by atoms with E-state index in [0.717, 1.165) is 11.3 Å². The number of rotatable bonds is 2. The number of aromatic nitrogens is 1. The van der Waals surface area contributed by atoms with E-state index in [9.17, 15) is 0 Å². The van der Waals surface area contributed by atoms with Gasteiger partial charge >= 0.3 is 0 Å². The standard InChI is InChI=1S/C13H13NO/c1-10-4-3-5-12(8-10)6-7-13-14-11(2)9-15-13/h3-9H,1-2H3. The predicted molar refractivity (Wildman–Crippen MR) is 61.3 cm³/mol. The SMILES string of the molecule is Cc1cccc(C=Cc2nc(C)co2)c1. The zero-order chi connectivity index (χ0) is 10.7. The van der Waals surface area contributed by atoms with E-state index in [0.29, 0.717) is 5.89 Å². The molecule has 0 unspecified atom stereocenters. The van der Waals surface area contributed by atoms with Gasteiger partial charge in [-0.2, -0.15) is 0 Å². The Balaban J connectivity index is 2.18. The van der Waals surface area contributed by atoms with Crippen molar-refractivity contribution < 1.29 is 4.42 Å². The van der Waals surface area contributed by atoms with Crippen LogP contribution in [0, 0.1) is 13.8 Å². The van der Waals surface area contributed by atoms with Crippen LogP contribution in [0.15, 0.2) is 34.9 Å². The second-order valence-corrected chi connectivity index (χ2v) is 3.57. The fraction of sp³-hybridized carbons (Fsp3) is 0.154. The molecule has 0 spiro atoms. The largest absolute Gasteiger partial charge is 0.445 e. The van der Waals surface area contributed by atoms with Crippen LogP contribution in [-0.2, 0) is 0 Å². The first kappa shape index (κ1) is 9.71. The van der Waals surface area contributed by atoms with E-state index in [1.807, 2.05) is 25.1 Å². The summed E-state index contributed by atoms with van der Waals surface area (Å²) in [5, 5.41) is 0. The second-order valence-electron chi connectivity index (χ2n) is 3.57. The van der Waals surface area contributed by atoms with E-state index in [1.54, 1.807) is 6.26 Å². The van der Waals surface area contributed by atoms with Crippen molar-refractivity contribution in [1.82, 2.24) is 4.98 Å². The lowest BCUT2D eigenvalue weighted by Crippen LogP contribution is -1.75. The Hall–Kier alpha value is -1.83. The zero-order valence-electron chi connectivity index (χ0n) is 8.90. The van der Waals surface area contributed by atoms with Crippen LogP contribution >= 0.6 is 0 Å². The minimum atomic E-state index is 0.647. The molecule has 0 fully saturated rings. The average Bonchev–Trinajstić information content (AvgIpc) is 2.62. The third kappa shape index (κ3) is 2.56. The summed E-state index contributed by atoms with van der Waals surface area (Å²) in [6.45, 7) is 3.99. The van der Waals surface area contributed by atoms with Crippen molar-refractivity contribution in [3.8, 4) is 0 Å². The van der Waals surface area contributed by atoms with Gasteiger partial charge < -0.3 is 4.42 Å². The Morgan fingerprint density at radius 2 is 2.07 bits per heavy atom. The van der Waals surface area contributed by atoms with Crippen molar-refractivity contribution >= 4 is 12.2 Å². The van der Waals surface area contributed by atoms with E-state index in [1.165, 1.54) is 5.56 Å². The molecule has 0 saturated carbocycles. The Morgan fingerprint density at radius 3 is 2.73 bits per heavy atom. The topological polar surface area (TPSA) is 26.0 Å². The lowest BCUT2D eigenvalue weighted by Gasteiger charge is -1.94. The molecule has 0 aliphatic rings. The number of hydrogen-bond acceptors (Lipinski definition) is 2. The van der Waals surface area contributed by atoms with Gasteiger partial charge in [-0.05, 0) is 25.5 Å². The van der Waals surface area contributed by atoms with Gasteiger partial charge in [0, 0.05) is 6.08 Å². The summed E-state index contributed by atoms with van der Waals surface area (Å²) in [5.74, 6) is 0.647. The summed E-state index contributed by atoms with van der Waals surface area (Å²) in [5.41, 5.74) is 3.31. The summed E-state index contributed by atoms with van der Waals surface area (Å²) in [7, 11) is 0. The van der Waals surface area contributed by atoms with Crippen LogP contribution in [-0.4, -0.2) is 4.98 Å². The van der Waals surface area contributed by atoms with Gasteiger partial charge in [0.15, 0.2) is 0 Å². The zero-order valence-corrected chi connectivity index (χ0v) is 8.90. The molecule has 1 aromatic heterocycles. The van der Waals surface area contributed by atoms with Crippen LogP contribution in [0.4, 0.5) is 0 Å². The molecule has 1 aromatic carbocycles. The van der Waals surface area contributed by atoms with Gasteiger partial charge in [-0.15, -0.1) is 0 Å². The van der Waals surface area contributed by atoms with Crippen molar-refractivity contribution in [2.75, 3.05) is 0 Å². The number of oxazole rings is 1. The van der Waals surface area contributed by atoms with Crippen LogP contribution in [0.1, 0.15) is 22.7 Å². The summed E-state index contributed by atoms with van der Waals surface area (Å²) in [6, 6.07) is 8.29. The lowest BCUT2D eigenvalue weighted by molar-refractivity contribution is 0.546. The summed E-state index contributed by atoms with van der Waals surface area (Å²) in [4.78, 5) is 4.19. The molecule has 2 nitrogen and oxygen atoms in total. The highest BCUT2D eigenvalue weighted by atomic mass is 16.3. The number of nitrogens with zero attached hydrogens (tertiary/aromatic N) is 1. The first-order chi connectivity index (χ1) is 7.24. The quantitative estimate of drug-likeness (QED) is 0.740. The number of hydrogen-bond donors (Lipinski definition) is 0. The highest BCUT2D eigenvalue weighted by Crippen LogP contribution is 2.09. The first-order valence-corrected chi connectivity index (χ1v) is 4.91. The van der Waals surface area contributed by atoms with Crippen LogP contribution in [0.3, 0.4) is 0 Å². The molecule has 2 aromatic rings. The molecule has 0 saturated heterocycles. The van der Waals surface area contributed by atoms with Crippen LogP contribution in [0.2, 0.25) is 0 Å². The first-order valence-electron chi connectivity index (χ1n) is 4.91. The van der Waals surface area contributed by atoms with Crippen molar-refractivity contribution in [2.24, 2.45) is 0 Å². The molecule has 2 rings (SSSR count). The van der Waals surface area contributed by atoms with Gasteiger partial charge in [0.2, 0.25) is 5.89 Å². The third-order valence-corrected chi connectivity index (χ3v) is 2.10. The maximum absolute atomic E-state index is 5.22. The minimum absolute atomic E-state index is 0.647. The third-order valence-electron chi connectivity index (χ3n) is 2.10. The fourth-order valence-corrected chi connectivity index (χ4v) is 1.39. The van der Waals surface area contributed by atoms with Gasteiger partial charge in [-0.3, -0.25) is 0 Å². The number of aryl methyl sites for hydroxylation is 2. The van der Waals surface area contributed by atoms with Gasteiger partial charge in [0.05, 0.1) is 5.69 Å². The van der Waals surface area contributed by atoms with Gasteiger partial charge in [0.1, 0.15) is 6.26 Å². The summed E-state index contributed by atoms with van der Waals surface area (Å²) < 4.78 is 5.22. The van der Waals surface area contributed by atoms with Crippen LogP contribution in [0.25, 0.3) is 12.2 Å². The molecule has 76 valence electrons. The normalized spacial score (nSPS) is 11.1. The minimum Gasteiger partial charge on any atom is -0.445 e. The fourth-order valence-electron chi connectivity index (χ4n) is 1.39. The van der Waals surface area contributed by atoms with E-state index in [-0.39, 0.29) is 0 Å². The Morgan fingerprint density at radius 1 is 1.20 bits per heavy atom. The molecule has 0 radical (unpaired) electrons. The van der Waals surface area contributed by atoms with Crippen molar-refractivity contribution in [3.63, 3.8) is 0 Å². The van der Waals surface area contributed by atoms with Crippen LogP contribution in [0.5, 0.6) is 0 Å². The van der Waals surface area contributed by atoms with Crippen molar-refractivity contribution in [3.05, 3.63) is 53.2 Å². The van der Waals surface area contributed by atoms with Gasteiger partial charge in [0.25, 0.3) is 0 Å². The lowest BCUT2D eigenvalue weighted by atomic mass is 10.1. The highest BCUT2D eigenvalue weighted by molar-refractivity contribution is 5.66.